The van der Waals surface area contributed by atoms with Gasteiger partial charge in [0.15, 0.2) is 0 Å². The molecule has 0 saturated carbocycles. The molecule has 1 rings (SSSR count). The maximum Gasteiger partial charge on any atom is 0.145 e. The van der Waals surface area contributed by atoms with Crippen LogP contribution in [0, 0.1) is 5.92 Å². The van der Waals surface area contributed by atoms with Gasteiger partial charge in [0.2, 0.25) is 0 Å². The third-order valence-electron chi connectivity index (χ3n) is 2.85. The lowest BCUT2D eigenvalue weighted by atomic mass is 10.1. The van der Waals surface area contributed by atoms with E-state index in [4.69, 9.17) is 0 Å². The van der Waals surface area contributed by atoms with E-state index in [0.29, 0.717) is 5.92 Å². The maximum atomic E-state index is 11.0. The van der Waals surface area contributed by atoms with Gasteiger partial charge in [0.25, 0.3) is 0 Å². The molecule has 1 aromatic rings. The van der Waals surface area contributed by atoms with Crippen molar-refractivity contribution < 1.29 is 4.79 Å². The number of aldehydes is 1. The molecule has 0 radical (unpaired) electrons. The highest BCUT2D eigenvalue weighted by Crippen LogP contribution is 2.13. The standard InChI is InChI=1S/C14H20OSi/c1-12(2)13(10-15)11-16(3,4)14-8-6-5-7-9-14/h5-12H,1-4H3/b13-11+. The molecule has 1 nitrogen and oxygen atoms in total. The average molecular weight is 232 g/mol. The molecule has 0 aliphatic heterocycles. The Morgan fingerprint density at radius 1 is 1.19 bits per heavy atom. The van der Waals surface area contributed by atoms with Crippen molar-refractivity contribution >= 4 is 19.5 Å². The molecule has 2 heteroatoms. The van der Waals surface area contributed by atoms with Crippen molar-refractivity contribution in [2.75, 3.05) is 0 Å². The minimum absolute atomic E-state index is 0.313. The highest BCUT2D eigenvalue weighted by Gasteiger charge is 2.21. The van der Waals surface area contributed by atoms with Crippen LogP contribution in [-0.4, -0.2) is 14.4 Å². The van der Waals surface area contributed by atoms with E-state index in [9.17, 15) is 4.79 Å². The van der Waals surface area contributed by atoms with Gasteiger partial charge in [0.05, 0.1) is 0 Å². The van der Waals surface area contributed by atoms with Gasteiger partial charge < -0.3 is 0 Å². The fraction of sp³-hybridized carbons (Fsp3) is 0.357. The summed E-state index contributed by atoms with van der Waals surface area (Å²) in [7, 11) is -1.62. The van der Waals surface area contributed by atoms with Crippen LogP contribution >= 0.6 is 0 Å². The molecule has 0 aliphatic carbocycles. The second-order valence-electron chi connectivity index (χ2n) is 5.00. The number of carbonyl (C=O) groups is 1. The van der Waals surface area contributed by atoms with E-state index >= 15 is 0 Å². The van der Waals surface area contributed by atoms with Gasteiger partial charge in [0.1, 0.15) is 14.4 Å². The van der Waals surface area contributed by atoms with Crippen LogP contribution in [-0.2, 0) is 4.79 Å². The summed E-state index contributed by atoms with van der Waals surface area (Å²) in [4.78, 5) is 11.0. The summed E-state index contributed by atoms with van der Waals surface area (Å²) in [6.45, 7) is 8.67. The molecular formula is C14H20OSi. The monoisotopic (exact) mass is 232 g/mol. The number of allylic oxidation sites excluding steroid dienone is 1. The van der Waals surface area contributed by atoms with E-state index in [0.717, 1.165) is 11.9 Å². The van der Waals surface area contributed by atoms with Gasteiger partial charge in [-0.05, 0) is 11.5 Å². The van der Waals surface area contributed by atoms with Crippen LogP contribution in [0.4, 0.5) is 0 Å². The molecule has 1 aromatic carbocycles. The average Bonchev–Trinajstić information content (AvgIpc) is 2.27. The smallest absolute Gasteiger partial charge is 0.145 e. The SMILES string of the molecule is CC(C)/C(C=O)=C/[Si](C)(C)c1ccccc1. The van der Waals surface area contributed by atoms with Crippen LogP contribution in [0.5, 0.6) is 0 Å². The third kappa shape index (κ3) is 3.17. The van der Waals surface area contributed by atoms with Gasteiger partial charge in [-0.3, -0.25) is 4.79 Å². The Labute approximate surface area is 99.2 Å². The predicted octanol–water partition coefficient (Wildman–Crippen LogP) is 2.92. The van der Waals surface area contributed by atoms with Crippen molar-refractivity contribution in [3.05, 3.63) is 41.6 Å². The van der Waals surface area contributed by atoms with Gasteiger partial charge in [-0.15, -0.1) is 0 Å². The van der Waals surface area contributed by atoms with Crippen molar-refractivity contribution in [1.82, 2.24) is 0 Å². The van der Waals surface area contributed by atoms with Crippen molar-refractivity contribution in [2.24, 2.45) is 5.92 Å². The molecule has 0 bridgehead atoms. The topological polar surface area (TPSA) is 17.1 Å². The van der Waals surface area contributed by atoms with Gasteiger partial charge in [0, 0.05) is 0 Å². The Balaban J connectivity index is 3.07. The zero-order chi connectivity index (χ0) is 12.2. The normalized spacial score (nSPS) is 12.9. The summed E-state index contributed by atoms with van der Waals surface area (Å²) in [6.07, 6.45) is 1.00. The third-order valence-corrected chi connectivity index (χ3v) is 5.72. The molecule has 0 spiro atoms. The zero-order valence-corrected chi connectivity index (χ0v) is 11.5. The lowest BCUT2D eigenvalue weighted by Crippen LogP contribution is -2.40. The Bertz CT molecular complexity index is 377. The summed E-state index contributed by atoms with van der Waals surface area (Å²) in [6, 6.07) is 10.5. The lowest BCUT2D eigenvalue weighted by Gasteiger charge is -2.20. The van der Waals surface area contributed by atoms with Crippen LogP contribution in [0.2, 0.25) is 13.1 Å². The van der Waals surface area contributed by atoms with E-state index in [1.807, 2.05) is 6.07 Å². The van der Waals surface area contributed by atoms with Gasteiger partial charge in [-0.25, -0.2) is 0 Å². The summed E-state index contributed by atoms with van der Waals surface area (Å²) in [5.74, 6) is 0.313. The number of carbonyl (C=O) groups excluding carboxylic acids is 1. The zero-order valence-electron chi connectivity index (χ0n) is 10.5. The van der Waals surface area contributed by atoms with Crippen molar-refractivity contribution in [2.45, 2.75) is 26.9 Å². The Morgan fingerprint density at radius 2 is 1.75 bits per heavy atom. The molecule has 0 amide bonds. The molecule has 86 valence electrons. The van der Waals surface area contributed by atoms with Crippen molar-refractivity contribution in [3.63, 3.8) is 0 Å². The number of hydrogen-bond donors (Lipinski definition) is 0. The number of benzene rings is 1. The Kier molecular flexibility index (Phi) is 4.24. The van der Waals surface area contributed by atoms with Gasteiger partial charge in [-0.1, -0.05) is 68.2 Å². The molecule has 0 fully saturated rings. The molecule has 16 heavy (non-hydrogen) atoms. The maximum absolute atomic E-state index is 11.0. The van der Waals surface area contributed by atoms with Crippen molar-refractivity contribution in [1.29, 1.82) is 0 Å². The molecule has 0 aromatic heterocycles. The van der Waals surface area contributed by atoms with Crippen LogP contribution in [0.3, 0.4) is 0 Å². The highest BCUT2D eigenvalue weighted by molar-refractivity contribution is 6.94. The predicted molar refractivity (Wildman–Crippen MR) is 72.5 cm³/mol. The molecule has 0 atom stereocenters. The van der Waals surface area contributed by atoms with E-state index in [2.05, 4.69) is 56.9 Å². The fourth-order valence-electron chi connectivity index (χ4n) is 1.70. The largest absolute Gasteiger partial charge is 0.298 e. The van der Waals surface area contributed by atoms with Crippen LogP contribution < -0.4 is 5.19 Å². The number of hydrogen-bond acceptors (Lipinski definition) is 1. The molecule has 0 unspecified atom stereocenters. The minimum Gasteiger partial charge on any atom is -0.298 e. The first-order valence-corrected chi connectivity index (χ1v) is 8.78. The second kappa shape index (κ2) is 5.26. The van der Waals surface area contributed by atoms with E-state index in [1.165, 1.54) is 5.19 Å². The summed E-state index contributed by atoms with van der Waals surface area (Å²) >= 11 is 0. The Morgan fingerprint density at radius 3 is 2.19 bits per heavy atom. The summed E-state index contributed by atoms with van der Waals surface area (Å²) in [5.41, 5.74) is 3.14. The van der Waals surface area contributed by atoms with Crippen LogP contribution in [0.1, 0.15) is 13.8 Å². The van der Waals surface area contributed by atoms with Crippen LogP contribution in [0.25, 0.3) is 0 Å². The first-order chi connectivity index (χ1) is 7.47. The highest BCUT2D eigenvalue weighted by atomic mass is 28.3. The van der Waals surface area contributed by atoms with Gasteiger partial charge >= 0.3 is 0 Å². The van der Waals surface area contributed by atoms with E-state index in [1.54, 1.807) is 0 Å². The first-order valence-electron chi connectivity index (χ1n) is 5.71. The van der Waals surface area contributed by atoms with Crippen molar-refractivity contribution in [3.8, 4) is 0 Å². The molecule has 0 heterocycles. The molecular weight excluding hydrogens is 212 g/mol. The lowest BCUT2D eigenvalue weighted by molar-refractivity contribution is -0.105. The fourth-order valence-corrected chi connectivity index (χ4v) is 4.16. The molecule has 0 aliphatic rings. The summed E-state index contributed by atoms with van der Waals surface area (Å²) in [5, 5.41) is 1.37. The number of rotatable bonds is 4. The minimum atomic E-state index is -1.62. The van der Waals surface area contributed by atoms with E-state index < -0.39 is 8.07 Å². The summed E-state index contributed by atoms with van der Waals surface area (Å²) < 4.78 is 0. The molecule has 0 saturated heterocycles. The van der Waals surface area contributed by atoms with Gasteiger partial charge in [-0.2, -0.15) is 0 Å². The van der Waals surface area contributed by atoms with Crippen LogP contribution in [0.15, 0.2) is 41.6 Å². The quantitative estimate of drug-likeness (QED) is 0.443. The Hall–Kier alpha value is -1.15. The second-order valence-corrected chi connectivity index (χ2v) is 9.31. The molecule has 0 N–H and O–H groups in total. The van der Waals surface area contributed by atoms with E-state index in [-0.39, 0.29) is 0 Å². The first kappa shape index (κ1) is 12.9.